The first-order chi connectivity index (χ1) is 10.6. The number of rotatable bonds is 4. The molecule has 2 atom stereocenters. The molecule has 0 saturated carbocycles. The van der Waals surface area contributed by atoms with Crippen molar-refractivity contribution in [2.24, 2.45) is 5.73 Å². The van der Waals surface area contributed by atoms with Crippen LogP contribution in [0.1, 0.15) is 0 Å². The first-order valence-electron chi connectivity index (χ1n) is 7.04. The first-order valence-corrected chi connectivity index (χ1v) is 7.04. The number of alkyl halides is 5. The van der Waals surface area contributed by atoms with Crippen LogP contribution in [0.3, 0.4) is 0 Å². The minimum Gasteiger partial charge on any atom is -0.314 e. The van der Waals surface area contributed by atoms with Gasteiger partial charge in [0.15, 0.2) is 5.79 Å². The van der Waals surface area contributed by atoms with Crippen molar-refractivity contribution in [3.8, 4) is 0 Å². The molecule has 136 valence electrons. The number of piperazine rings is 2. The highest BCUT2D eigenvalue weighted by Gasteiger charge is 2.65. The Morgan fingerprint density at radius 3 is 2.26 bits per heavy atom. The molecule has 2 saturated heterocycles. The van der Waals surface area contributed by atoms with Crippen LogP contribution in [0.15, 0.2) is 0 Å². The van der Waals surface area contributed by atoms with E-state index in [1.165, 1.54) is 16.8 Å². The van der Waals surface area contributed by atoms with E-state index in [4.69, 9.17) is 5.73 Å². The van der Waals surface area contributed by atoms with Crippen molar-refractivity contribution >= 4 is 0 Å². The summed E-state index contributed by atoms with van der Waals surface area (Å²) in [6, 6.07) is 0. The van der Waals surface area contributed by atoms with E-state index in [0.717, 1.165) is 0 Å². The van der Waals surface area contributed by atoms with E-state index in [9.17, 15) is 22.0 Å². The summed E-state index contributed by atoms with van der Waals surface area (Å²) in [6.45, 7) is -1.95. The fourth-order valence-corrected chi connectivity index (χ4v) is 2.95. The van der Waals surface area contributed by atoms with Gasteiger partial charge in [-0.2, -0.15) is 8.78 Å². The van der Waals surface area contributed by atoms with Crippen LogP contribution in [-0.2, 0) is 9.47 Å². The SMILES string of the molecule is CN1CCNC(OC(F)F)(OC(F)(F)F)C1(N)N1CCNCC1. The Morgan fingerprint density at radius 2 is 1.74 bits per heavy atom. The highest BCUT2D eigenvalue weighted by Crippen LogP contribution is 2.38. The van der Waals surface area contributed by atoms with Crippen molar-refractivity contribution in [1.29, 1.82) is 0 Å². The van der Waals surface area contributed by atoms with E-state index in [2.05, 4.69) is 20.1 Å². The van der Waals surface area contributed by atoms with Gasteiger partial charge < -0.3 is 5.32 Å². The van der Waals surface area contributed by atoms with Crippen molar-refractivity contribution < 1.29 is 31.4 Å². The van der Waals surface area contributed by atoms with Gasteiger partial charge in [0, 0.05) is 39.3 Å². The van der Waals surface area contributed by atoms with Crippen molar-refractivity contribution in [2.75, 3.05) is 46.3 Å². The zero-order valence-electron chi connectivity index (χ0n) is 12.5. The molecule has 0 aliphatic carbocycles. The number of likely N-dealkylation sites (N-methyl/N-ethyl adjacent to an activating group) is 1. The average molecular weight is 349 g/mol. The van der Waals surface area contributed by atoms with Crippen LogP contribution >= 0.6 is 0 Å². The average Bonchev–Trinajstić information content (AvgIpc) is 2.43. The number of nitrogens with zero attached hydrogens (tertiary/aromatic N) is 2. The molecule has 2 unspecified atom stereocenters. The molecule has 2 fully saturated rings. The van der Waals surface area contributed by atoms with Gasteiger partial charge >= 0.3 is 13.0 Å². The summed E-state index contributed by atoms with van der Waals surface area (Å²) < 4.78 is 72.6. The largest absolute Gasteiger partial charge is 0.526 e. The van der Waals surface area contributed by atoms with Crippen LogP contribution in [-0.4, -0.2) is 80.8 Å². The Morgan fingerprint density at radius 1 is 1.13 bits per heavy atom. The van der Waals surface area contributed by atoms with Gasteiger partial charge in [-0.3, -0.25) is 25.6 Å². The Labute approximate surface area is 129 Å². The molecule has 4 N–H and O–H groups in total. The smallest absolute Gasteiger partial charge is 0.314 e. The molecule has 2 aliphatic heterocycles. The second-order valence-corrected chi connectivity index (χ2v) is 5.35. The lowest BCUT2D eigenvalue weighted by atomic mass is 10.1. The molecule has 0 spiro atoms. The van der Waals surface area contributed by atoms with Crippen LogP contribution in [0.2, 0.25) is 0 Å². The highest BCUT2D eigenvalue weighted by atomic mass is 19.4. The second kappa shape index (κ2) is 6.70. The predicted molar refractivity (Wildman–Crippen MR) is 69.0 cm³/mol. The zero-order chi connectivity index (χ0) is 17.3. The Bertz CT molecular complexity index is 409. The number of halogens is 5. The number of nitrogens with two attached hydrogens (primary N) is 1. The van der Waals surface area contributed by atoms with Crippen molar-refractivity contribution in [3.63, 3.8) is 0 Å². The number of hydrogen-bond acceptors (Lipinski definition) is 7. The van der Waals surface area contributed by atoms with Gasteiger partial charge in [-0.25, -0.2) is 4.74 Å². The van der Waals surface area contributed by atoms with Gasteiger partial charge in [0.2, 0.25) is 0 Å². The van der Waals surface area contributed by atoms with Crippen molar-refractivity contribution in [3.05, 3.63) is 0 Å². The molecule has 2 aliphatic rings. The minimum atomic E-state index is -5.22. The van der Waals surface area contributed by atoms with Crippen LogP contribution in [0, 0.1) is 0 Å². The fourth-order valence-electron chi connectivity index (χ4n) is 2.95. The molecule has 0 radical (unpaired) electrons. The third kappa shape index (κ3) is 3.73. The molecule has 0 aromatic carbocycles. The third-order valence-corrected chi connectivity index (χ3v) is 3.98. The topological polar surface area (TPSA) is 75.0 Å². The van der Waals surface area contributed by atoms with Crippen LogP contribution < -0.4 is 16.4 Å². The lowest BCUT2D eigenvalue weighted by Gasteiger charge is -2.58. The first kappa shape index (κ1) is 18.7. The summed E-state index contributed by atoms with van der Waals surface area (Å²) in [5.41, 5.74) is 6.19. The molecule has 23 heavy (non-hydrogen) atoms. The number of ether oxygens (including phenoxy) is 2. The van der Waals surface area contributed by atoms with E-state index in [-0.39, 0.29) is 26.2 Å². The maximum Gasteiger partial charge on any atom is 0.526 e. The van der Waals surface area contributed by atoms with Crippen molar-refractivity contribution in [2.45, 2.75) is 24.7 Å². The van der Waals surface area contributed by atoms with Gasteiger partial charge in [-0.1, -0.05) is 0 Å². The summed E-state index contributed by atoms with van der Waals surface area (Å²) in [7, 11) is 1.44. The van der Waals surface area contributed by atoms with Gasteiger partial charge in [-0.05, 0) is 7.05 Å². The third-order valence-electron chi connectivity index (χ3n) is 3.98. The summed E-state index contributed by atoms with van der Waals surface area (Å²) in [5.74, 6) is -5.02. The van der Waals surface area contributed by atoms with E-state index in [1.54, 1.807) is 0 Å². The normalized spacial score (nSPS) is 35.0. The van der Waals surface area contributed by atoms with Gasteiger partial charge in [0.1, 0.15) is 0 Å². The Balaban J connectivity index is 2.44. The number of hydrogen-bond donors (Lipinski definition) is 3. The second-order valence-electron chi connectivity index (χ2n) is 5.35. The summed E-state index contributed by atoms with van der Waals surface area (Å²) in [6.07, 6.45) is -5.22. The maximum absolute atomic E-state index is 12.9. The molecule has 2 heterocycles. The molecule has 0 bridgehead atoms. The van der Waals surface area contributed by atoms with E-state index >= 15 is 0 Å². The Hall–Kier alpha value is -0.630. The summed E-state index contributed by atoms with van der Waals surface area (Å²) in [4.78, 5) is 2.76. The van der Waals surface area contributed by atoms with Gasteiger partial charge in [0.05, 0.1) is 0 Å². The molecule has 2 rings (SSSR count). The van der Waals surface area contributed by atoms with Crippen LogP contribution in [0.4, 0.5) is 22.0 Å². The lowest BCUT2D eigenvalue weighted by Crippen LogP contribution is -2.87. The molecule has 0 amide bonds. The Kier molecular flexibility index (Phi) is 5.45. The summed E-state index contributed by atoms with van der Waals surface area (Å²) >= 11 is 0. The molecule has 12 heteroatoms. The summed E-state index contributed by atoms with van der Waals surface area (Å²) in [5, 5.41) is 5.28. The lowest BCUT2D eigenvalue weighted by molar-refractivity contribution is -0.487. The predicted octanol–water partition coefficient (Wildman–Crippen LogP) is -0.531. The quantitative estimate of drug-likeness (QED) is 0.465. The maximum atomic E-state index is 12.9. The van der Waals surface area contributed by atoms with Crippen molar-refractivity contribution in [1.82, 2.24) is 20.4 Å². The standard InChI is InChI=1S/C11H20F5N5O2/c1-20-5-4-19-10(22-8(12)13,23-11(14,15)16)9(20,17)21-6-2-18-3-7-21/h8,18-19H,2-7,17H2,1H3. The van der Waals surface area contributed by atoms with E-state index in [1.807, 2.05) is 0 Å². The van der Waals surface area contributed by atoms with Crippen LogP contribution in [0.25, 0.3) is 0 Å². The van der Waals surface area contributed by atoms with E-state index in [0.29, 0.717) is 13.1 Å². The zero-order valence-corrected chi connectivity index (χ0v) is 12.5. The minimum absolute atomic E-state index is 0.0651. The van der Waals surface area contributed by atoms with E-state index < -0.39 is 24.7 Å². The fraction of sp³-hybridized carbons (Fsp3) is 1.00. The van der Waals surface area contributed by atoms with Gasteiger partial charge in [0.25, 0.3) is 5.91 Å². The number of nitrogens with one attached hydrogen (secondary N) is 2. The molecular formula is C11H20F5N5O2. The van der Waals surface area contributed by atoms with Crippen LogP contribution in [0.5, 0.6) is 0 Å². The molecule has 0 aromatic heterocycles. The molecular weight excluding hydrogens is 329 g/mol. The highest BCUT2D eigenvalue weighted by molar-refractivity contribution is 5.01. The molecule has 0 aromatic rings. The van der Waals surface area contributed by atoms with Gasteiger partial charge in [-0.15, -0.1) is 13.2 Å². The monoisotopic (exact) mass is 349 g/mol. The molecule has 7 nitrogen and oxygen atoms in total.